The first-order valence-corrected chi connectivity index (χ1v) is 6.77. The van der Waals surface area contributed by atoms with Gasteiger partial charge in [0.1, 0.15) is 5.69 Å². The van der Waals surface area contributed by atoms with Crippen LogP contribution in [-0.4, -0.2) is 34.9 Å². The maximum absolute atomic E-state index is 12.0. The molecule has 0 aromatic carbocycles. The number of aromatic nitrogens is 2. The molecule has 0 spiro atoms. The van der Waals surface area contributed by atoms with Gasteiger partial charge < -0.3 is 15.8 Å². The van der Waals surface area contributed by atoms with Crippen LogP contribution in [0.5, 0.6) is 0 Å². The molecule has 1 aromatic heterocycles. The third-order valence-electron chi connectivity index (χ3n) is 2.69. The zero-order valence-corrected chi connectivity index (χ0v) is 12.0. The van der Waals surface area contributed by atoms with E-state index in [1.54, 1.807) is 4.68 Å². The highest BCUT2D eigenvalue weighted by atomic mass is 16.5. The van der Waals surface area contributed by atoms with E-state index in [2.05, 4.69) is 10.4 Å². The molecule has 0 fully saturated rings. The Labute approximate surface area is 114 Å². The second-order valence-corrected chi connectivity index (χ2v) is 4.65. The Morgan fingerprint density at radius 2 is 2.26 bits per heavy atom. The summed E-state index contributed by atoms with van der Waals surface area (Å²) < 4.78 is 7.03. The highest BCUT2D eigenvalue weighted by Gasteiger charge is 2.15. The van der Waals surface area contributed by atoms with Gasteiger partial charge in [-0.3, -0.25) is 9.48 Å². The Morgan fingerprint density at radius 3 is 2.89 bits per heavy atom. The topological polar surface area (TPSA) is 82.2 Å². The van der Waals surface area contributed by atoms with E-state index in [4.69, 9.17) is 10.5 Å². The van der Waals surface area contributed by atoms with Crippen LogP contribution in [0.15, 0.2) is 6.20 Å². The average molecular weight is 268 g/mol. The Bertz CT molecular complexity index is 401. The first-order chi connectivity index (χ1) is 9.06. The molecule has 0 aliphatic heterocycles. The SMILES string of the molecule is CCn1ncc(N)c1C(=O)NCCCCOC(C)C. The molecule has 1 rings (SSSR count). The number of rotatable bonds is 8. The maximum Gasteiger partial charge on any atom is 0.271 e. The van der Waals surface area contributed by atoms with Crippen LogP contribution in [0.3, 0.4) is 0 Å². The van der Waals surface area contributed by atoms with Gasteiger partial charge in [0.15, 0.2) is 0 Å². The van der Waals surface area contributed by atoms with Gasteiger partial charge in [-0.1, -0.05) is 0 Å². The summed E-state index contributed by atoms with van der Waals surface area (Å²) in [6.07, 6.45) is 3.59. The molecule has 3 N–H and O–H groups in total. The number of carbonyl (C=O) groups is 1. The predicted octanol–water partition coefficient (Wildman–Crippen LogP) is 1.42. The van der Waals surface area contributed by atoms with Crippen molar-refractivity contribution in [3.63, 3.8) is 0 Å². The molecule has 108 valence electrons. The fourth-order valence-electron chi connectivity index (χ4n) is 1.72. The zero-order chi connectivity index (χ0) is 14.3. The van der Waals surface area contributed by atoms with Crippen molar-refractivity contribution in [2.24, 2.45) is 0 Å². The number of hydrogen-bond acceptors (Lipinski definition) is 4. The van der Waals surface area contributed by atoms with E-state index in [-0.39, 0.29) is 12.0 Å². The number of anilines is 1. The number of amides is 1. The van der Waals surface area contributed by atoms with Crippen LogP contribution in [0, 0.1) is 0 Å². The molecule has 0 unspecified atom stereocenters. The molecule has 1 aromatic rings. The van der Waals surface area contributed by atoms with Gasteiger partial charge in [0.2, 0.25) is 0 Å². The average Bonchev–Trinajstić information content (AvgIpc) is 2.74. The number of nitrogens with two attached hydrogens (primary N) is 1. The number of nitrogen functional groups attached to an aromatic ring is 1. The van der Waals surface area contributed by atoms with Crippen LogP contribution in [0.2, 0.25) is 0 Å². The summed E-state index contributed by atoms with van der Waals surface area (Å²) >= 11 is 0. The number of nitrogens with one attached hydrogen (secondary N) is 1. The highest BCUT2D eigenvalue weighted by Crippen LogP contribution is 2.10. The quantitative estimate of drug-likeness (QED) is 0.699. The first-order valence-electron chi connectivity index (χ1n) is 6.77. The third-order valence-corrected chi connectivity index (χ3v) is 2.69. The normalized spacial score (nSPS) is 10.9. The second-order valence-electron chi connectivity index (χ2n) is 4.65. The van der Waals surface area contributed by atoms with Crippen molar-refractivity contribution >= 4 is 11.6 Å². The second kappa shape index (κ2) is 7.78. The van der Waals surface area contributed by atoms with Crippen molar-refractivity contribution in [2.75, 3.05) is 18.9 Å². The molecular weight excluding hydrogens is 244 g/mol. The summed E-state index contributed by atoms with van der Waals surface area (Å²) in [5.41, 5.74) is 6.60. The molecule has 0 radical (unpaired) electrons. The lowest BCUT2D eigenvalue weighted by molar-refractivity contribution is 0.0754. The van der Waals surface area contributed by atoms with Crippen LogP contribution in [0.25, 0.3) is 0 Å². The lowest BCUT2D eigenvalue weighted by Crippen LogP contribution is -2.28. The van der Waals surface area contributed by atoms with Gasteiger partial charge in [-0.2, -0.15) is 5.10 Å². The van der Waals surface area contributed by atoms with E-state index in [1.807, 2.05) is 20.8 Å². The van der Waals surface area contributed by atoms with E-state index >= 15 is 0 Å². The number of nitrogens with zero attached hydrogens (tertiary/aromatic N) is 2. The van der Waals surface area contributed by atoms with Crippen LogP contribution in [-0.2, 0) is 11.3 Å². The lowest BCUT2D eigenvalue weighted by Gasteiger charge is -2.09. The Balaban J connectivity index is 2.29. The zero-order valence-electron chi connectivity index (χ0n) is 12.0. The van der Waals surface area contributed by atoms with Crippen molar-refractivity contribution in [2.45, 2.75) is 46.3 Å². The van der Waals surface area contributed by atoms with Crippen LogP contribution in [0.4, 0.5) is 5.69 Å². The van der Waals surface area contributed by atoms with Crippen LogP contribution < -0.4 is 11.1 Å². The van der Waals surface area contributed by atoms with Gasteiger partial charge in [0.25, 0.3) is 5.91 Å². The monoisotopic (exact) mass is 268 g/mol. The fourth-order valence-corrected chi connectivity index (χ4v) is 1.72. The summed E-state index contributed by atoms with van der Waals surface area (Å²) in [4.78, 5) is 12.0. The minimum atomic E-state index is -0.165. The summed E-state index contributed by atoms with van der Waals surface area (Å²) in [6, 6.07) is 0. The van der Waals surface area contributed by atoms with Gasteiger partial charge in [-0.05, 0) is 33.6 Å². The van der Waals surface area contributed by atoms with Crippen molar-refractivity contribution < 1.29 is 9.53 Å². The van der Waals surface area contributed by atoms with Gasteiger partial charge in [-0.25, -0.2) is 0 Å². The fraction of sp³-hybridized carbons (Fsp3) is 0.692. The minimum Gasteiger partial charge on any atom is -0.396 e. The molecule has 0 aliphatic rings. The molecule has 1 amide bonds. The molecule has 0 saturated heterocycles. The van der Waals surface area contributed by atoms with E-state index in [0.29, 0.717) is 24.5 Å². The van der Waals surface area contributed by atoms with Gasteiger partial charge in [-0.15, -0.1) is 0 Å². The summed E-state index contributed by atoms with van der Waals surface area (Å²) in [6.45, 7) is 7.92. The predicted molar refractivity (Wildman–Crippen MR) is 75.0 cm³/mol. The van der Waals surface area contributed by atoms with Crippen molar-refractivity contribution in [1.82, 2.24) is 15.1 Å². The van der Waals surface area contributed by atoms with E-state index in [9.17, 15) is 4.79 Å². The Kier molecular flexibility index (Phi) is 6.35. The third kappa shape index (κ3) is 4.90. The Morgan fingerprint density at radius 1 is 1.53 bits per heavy atom. The standard InChI is InChI=1S/C13H24N4O2/c1-4-17-12(11(14)9-16-17)13(18)15-7-5-6-8-19-10(2)3/h9-10H,4-8,14H2,1-3H3,(H,15,18). The number of carbonyl (C=O) groups excluding carboxylic acids is 1. The summed E-state index contributed by atoms with van der Waals surface area (Å²) in [5.74, 6) is -0.165. The van der Waals surface area contributed by atoms with Crippen molar-refractivity contribution in [1.29, 1.82) is 0 Å². The van der Waals surface area contributed by atoms with E-state index in [0.717, 1.165) is 19.4 Å². The molecule has 0 saturated carbocycles. The van der Waals surface area contributed by atoms with E-state index in [1.165, 1.54) is 6.20 Å². The molecule has 0 bridgehead atoms. The number of ether oxygens (including phenoxy) is 1. The summed E-state index contributed by atoms with van der Waals surface area (Å²) in [5, 5.41) is 6.90. The molecule has 6 nitrogen and oxygen atoms in total. The molecule has 19 heavy (non-hydrogen) atoms. The molecular formula is C13H24N4O2. The smallest absolute Gasteiger partial charge is 0.271 e. The van der Waals surface area contributed by atoms with Gasteiger partial charge in [0.05, 0.1) is 18.0 Å². The Hall–Kier alpha value is -1.56. The van der Waals surface area contributed by atoms with Crippen LogP contribution in [0.1, 0.15) is 44.1 Å². The molecule has 0 aliphatic carbocycles. The number of hydrogen-bond donors (Lipinski definition) is 2. The van der Waals surface area contributed by atoms with Gasteiger partial charge in [0, 0.05) is 19.7 Å². The summed E-state index contributed by atoms with van der Waals surface area (Å²) in [7, 11) is 0. The minimum absolute atomic E-state index is 0.165. The number of unbranched alkanes of at least 4 members (excludes halogenated alkanes) is 1. The molecule has 6 heteroatoms. The highest BCUT2D eigenvalue weighted by molar-refractivity contribution is 5.97. The molecule has 1 heterocycles. The van der Waals surface area contributed by atoms with Gasteiger partial charge >= 0.3 is 0 Å². The largest absolute Gasteiger partial charge is 0.396 e. The van der Waals surface area contributed by atoms with E-state index < -0.39 is 0 Å². The number of aryl methyl sites for hydroxylation is 1. The van der Waals surface area contributed by atoms with Crippen molar-refractivity contribution in [3.8, 4) is 0 Å². The van der Waals surface area contributed by atoms with Crippen LogP contribution >= 0.6 is 0 Å². The lowest BCUT2D eigenvalue weighted by atomic mass is 10.3. The first kappa shape index (κ1) is 15.5. The molecule has 0 atom stereocenters. The van der Waals surface area contributed by atoms with Crippen molar-refractivity contribution in [3.05, 3.63) is 11.9 Å². The maximum atomic E-state index is 12.0.